The minimum atomic E-state index is -0.475. The number of hydrogen-bond acceptors (Lipinski definition) is 7. The zero-order chi connectivity index (χ0) is 31.4. The maximum atomic E-state index is 14.1. The highest BCUT2D eigenvalue weighted by molar-refractivity contribution is 6.07. The lowest BCUT2D eigenvalue weighted by Gasteiger charge is -2.27. The number of piperidine rings is 1. The molecule has 9 nitrogen and oxygen atoms in total. The van der Waals surface area contributed by atoms with E-state index in [1.165, 1.54) is 6.92 Å². The Balaban J connectivity index is 1.46. The van der Waals surface area contributed by atoms with Crippen LogP contribution >= 0.6 is 0 Å². The van der Waals surface area contributed by atoms with Crippen molar-refractivity contribution in [3.8, 4) is 11.3 Å². The van der Waals surface area contributed by atoms with Gasteiger partial charge in [0.2, 0.25) is 5.91 Å². The van der Waals surface area contributed by atoms with Crippen molar-refractivity contribution in [2.24, 2.45) is 10.8 Å². The summed E-state index contributed by atoms with van der Waals surface area (Å²) in [5.74, 6) is 0.00484. The molecule has 2 fully saturated rings. The number of amides is 1. The molecule has 1 saturated carbocycles. The van der Waals surface area contributed by atoms with E-state index in [-0.39, 0.29) is 46.7 Å². The van der Waals surface area contributed by atoms with Gasteiger partial charge in [0.05, 0.1) is 29.1 Å². The van der Waals surface area contributed by atoms with Gasteiger partial charge in [0.15, 0.2) is 11.6 Å². The minimum absolute atomic E-state index is 0.0349. The van der Waals surface area contributed by atoms with Gasteiger partial charge < -0.3 is 4.90 Å². The van der Waals surface area contributed by atoms with E-state index < -0.39 is 6.04 Å². The molecule has 1 aliphatic carbocycles. The van der Waals surface area contributed by atoms with Gasteiger partial charge in [-0.3, -0.25) is 33.8 Å². The molecule has 232 valence electrons. The van der Waals surface area contributed by atoms with Gasteiger partial charge in [-0.25, -0.2) is 0 Å². The summed E-state index contributed by atoms with van der Waals surface area (Å²) in [6.45, 7) is 9.53. The molecule has 1 amide bonds. The molecule has 2 bridgehead atoms. The zero-order valence-electron chi connectivity index (χ0n) is 26.6. The number of nitrogens with zero attached hydrogens (tertiary/aromatic N) is 5. The maximum absolute atomic E-state index is 14.1. The predicted molar refractivity (Wildman–Crippen MR) is 167 cm³/mol. The fourth-order valence-corrected chi connectivity index (χ4v) is 7.75. The number of aromatic nitrogens is 4. The molecule has 3 aliphatic rings. The number of hydrogen-bond donors (Lipinski definition) is 0. The summed E-state index contributed by atoms with van der Waals surface area (Å²) in [4.78, 5) is 64.1. The van der Waals surface area contributed by atoms with E-state index in [4.69, 9.17) is 5.10 Å². The summed E-state index contributed by atoms with van der Waals surface area (Å²) < 4.78 is 1.69. The van der Waals surface area contributed by atoms with Gasteiger partial charge in [0, 0.05) is 49.4 Å². The molecule has 0 radical (unpaired) electrons. The zero-order valence-corrected chi connectivity index (χ0v) is 26.6. The highest BCUT2D eigenvalue weighted by atomic mass is 16.2. The van der Waals surface area contributed by atoms with Crippen molar-refractivity contribution in [3.05, 3.63) is 41.5 Å². The predicted octanol–water partition coefficient (Wildman–Crippen LogP) is 5.84. The molecule has 6 rings (SSSR count). The number of benzene rings is 1. The molecule has 2 aromatic heterocycles. The molecular formula is C35H43N5O4. The number of carbonyl (C=O) groups is 4. The first-order valence-electron chi connectivity index (χ1n) is 16.1. The fourth-order valence-electron chi connectivity index (χ4n) is 7.75. The second kappa shape index (κ2) is 11.3. The Morgan fingerprint density at radius 1 is 1.02 bits per heavy atom. The van der Waals surface area contributed by atoms with E-state index in [0.717, 1.165) is 60.9 Å². The van der Waals surface area contributed by atoms with Crippen LogP contribution in [0.3, 0.4) is 0 Å². The first-order valence-corrected chi connectivity index (χ1v) is 16.1. The number of ketones is 3. The van der Waals surface area contributed by atoms with E-state index in [2.05, 4.69) is 29.9 Å². The highest BCUT2D eigenvalue weighted by Crippen LogP contribution is 2.62. The molecule has 44 heavy (non-hydrogen) atoms. The van der Waals surface area contributed by atoms with Crippen molar-refractivity contribution in [2.45, 2.75) is 117 Å². The summed E-state index contributed by atoms with van der Waals surface area (Å²) >= 11 is 0. The summed E-state index contributed by atoms with van der Waals surface area (Å²) in [5.41, 5.74) is 4.21. The molecule has 1 aromatic carbocycles. The number of aryl methyl sites for hydroxylation is 2. The smallest absolute Gasteiger partial charge is 0.245 e. The lowest BCUT2D eigenvalue weighted by Crippen LogP contribution is -2.44. The average molecular weight is 598 g/mol. The largest absolute Gasteiger partial charge is 0.327 e. The maximum Gasteiger partial charge on any atom is 0.245 e. The van der Waals surface area contributed by atoms with E-state index in [0.29, 0.717) is 42.5 Å². The Hall–Kier alpha value is -3.75. The molecule has 4 heterocycles. The van der Waals surface area contributed by atoms with Crippen LogP contribution in [0.2, 0.25) is 0 Å². The second-order valence-corrected chi connectivity index (χ2v) is 14.1. The van der Waals surface area contributed by atoms with Crippen LogP contribution in [0.5, 0.6) is 0 Å². The van der Waals surface area contributed by atoms with Crippen molar-refractivity contribution < 1.29 is 19.2 Å². The molecule has 9 heteroatoms. The van der Waals surface area contributed by atoms with Gasteiger partial charge in [-0.2, -0.15) is 5.10 Å². The average Bonchev–Trinajstić information content (AvgIpc) is 3.39. The van der Waals surface area contributed by atoms with Crippen LogP contribution in [0.15, 0.2) is 24.5 Å². The third kappa shape index (κ3) is 5.61. The van der Waals surface area contributed by atoms with Crippen LogP contribution < -0.4 is 0 Å². The van der Waals surface area contributed by atoms with Gasteiger partial charge in [-0.05, 0) is 74.0 Å². The molecule has 1 saturated heterocycles. The van der Waals surface area contributed by atoms with Gasteiger partial charge in [-0.15, -0.1) is 0 Å². The SMILES string of the molecule is CCC(=O)[C@@H]1C[C@]23CCC(=O)CC(C)(C)CCCCc4cc(-c5cnc(C)cn5)cc5c(C(C)=O)nn(c45)CC(=O)N1[C@@H]2C3. The van der Waals surface area contributed by atoms with Crippen molar-refractivity contribution in [1.82, 2.24) is 24.6 Å². The summed E-state index contributed by atoms with van der Waals surface area (Å²) in [5, 5.41) is 5.43. The van der Waals surface area contributed by atoms with Gasteiger partial charge in [-0.1, -0.05) is 27.2 Å². The van der Waals surface area contributed by atoms with Crippen LogP contribution in [0.25, 0.3) is 22.2 Å². The quantitative estimate of drug-likeness (QED) is 0.347. The van der Waals surface area contributed by atoms with Gasteiger partial charge in [0.1, 0.15) is 18.0 Å². The Bertz CT molecular complexity index is 1660. The summed E-state index contributed by atoms with van der Waals surface area (Å²) in [7, 11) is 0. The van der Waals surface area contributed by atoms with Crippen molar-refractivity contribution in [2.75, 3.05) is 0 Å². The van der Waals surface area contributed by atoms with Crippen molar-refractivity contribution >= 4 is 34.2 Å². The lowest BCUT2D eigenvalue weighted by atomic mass is 9.80. The lowest BCUT2D eigenvalue weighted by molar-refractivity contribution is -0.139. The molecule has 3 aromatic rings. The van der Waals surface area contributed by atoms with E-state index >= 15 is 0 Å². The van der Waals surface area contributed by atoms with E-state index in [1.54, 1.807) is 22.0 Å². The molecule has 0 unspecified atom stereocenters. The highest BCUT2D eigenvalue weighted by Gasteiger charge is 2.66. The van der Waals surface area contributed by atoms with Crippen LogP contribution in [-0.2, 0) is 27.3 Å². The third-order valence-corrected chi connectivity index (χ3v) is 10.2. The van der Waals surface area contributed by atoms with Crippen molar-refractivity contribution in [1.29, 1.82) is 0 Å². The van der Waals surface area contributed by atoms with Gasteiger partial charge in [0.25, 0.3) is 0 Å². The van der Waals surface area contributed by atoms with Crippen LogP contribution in [0, 0.1) is 17.8 Å². The molecule has 0 spiro atoms. The first-order chi connectivity index (χ1) is 20.9. The Morgan fingerprint density at radius 2 is 1.82 bits per heavy atom. The summed E-state index contributed by atoms with van der Waals surface area (Å²) in [6, 6.07) is 3.51. The normalized spacial score (nSPS) is 25.5. The second-order valence-electron chi connectivity index (χ2n) is 14.1. The Morgan fingerprint density at radius 3 is 2.52 bits per heavy atom. The molecule has 2 aliphatic heterocycles. The first kappa shape index (κ1) is 30.3. The van der Waals surface area contributed by atoms with E-state index in [1.807, 2.05) is 19.9 Å². The minimum Gasteiger partial charge on any atom is -0.327 e. The van der Waals surface area contributed by atoms with E-state index in [9.17, 15) is 19.2 Å². The topological polar surface area (TPSA) is 115 Å². The molecule has 3 atom stereocenters. The standard InChI is InChI=1S/C35H43N5O4/c1-6-29(43)28-16-35-12-10-25(42)15-34(4,5)11-8-7-9-23-13-24(27-19-36-21(2)18-37-27)14-26-32(22(3)41)38-39(33(23)26)20-31(44)40(28)30(35)17-35/h13-14,18-19,28,30H,6-12,15-17,20H2,1-5H3/t28-,30+,35-/m0/s1. The number of carbonyl (C=O) groups excluding carboxylic acids is 4. The van der Waals surface area contributed by atoms with Crippen LogP contribution in [-0.4, -0.2) is 60.0 Å². The molecular weight excluding hydrogens is 554 g/mol. The van der Waals surface area contributed by atoms with Gasteiger partial charge >= 0.3 is 0 Å². The fraction of sp³-hybridized carbons (Fsp3) is 0.571. The number of rotatable bonds is 4. The van der Waals surface area contributed by atoms with Crippen LogP contribution in [0.1, 0.15) is 107 Å². The van der Waals surface area contributed by atoms with Crippen molar-refractivity contribution in [3.63, 3.8) is 0 Å². The molecule has 0 N–H and O–H groups in total. The Labute approximate surface area is 258 Å². The number of Topliss-reactive ketones (excluding diaryl/α,β-unsaturated/α-hetero) is 3. The third-order valence-electron chi connectivity index (χ3n) is 10.2. The monoisotopic (exact) mass is 597 g/mol. The Kier molecular flexibility index (Phi) is 7.79. The van der Waals surface area contributed by atoms with Crippen LogP contribution in [0.4, 0.5) is 0 Å². The summed E-state index contributed by atoms with van der Waals surface area (Å²) in [6.07, 6.45) is 10.5.